The normalized spacial score (nSPS) is 17.1. The summed E-state index contributed by atoms with van der Waals surface area (Å²) in [5.41, 5.74) is 2.14. The zero-order valence-corrected chi connectivity index (χ0v) is 19.8. The smallest absolute Gasteiger partial charge is 0.410 e. The molecule has 34 heavy (non-hydrogen) atoms. The van der Waals surface area contributed by atoms with Crippen molar-refractivity contribution in [2.75, 3.05) is 19.7 Å². The second-order valence-corrected chi connectivity index (χ2v) is 10.0. The number of hydrogen-bond donors (Lipinski definition) is 2. The number of aliphatic carboxylic acids is 1. The van der Waals surface area contributed by atoms with Gasteiger partial charge in [0.15, 0.2) is 0 Å². The van der Waals surface area contributed by atoms with E-state index in [1.165, 1.54) is 11.8 Å². The lowest BCUT2D eigenvalue weighted by molar-refractivity contribution is -0.149. The van der Waals surface area contributed by atoms with Gasteiger partial charge in [-0.1, -0.05) is 48.5 Å². The molecule has 2 aromatic rings. The van der Waals surface area contributed by atoms with Crippen molar-refractivity contribution in [3.8, 4) is 11.1 Å². The third kappa shape index (κ3) is 4.44. The molecule has 0 bridgehead atoms. The van der Waals surface area contributed by atoms with Gasteiger partial charge in [0.1, 0.15) is 17.7 Å². The van der Waals surface area contributed by atoms with Crippen molar-refractivity contribution in [3.05, 3.63) is 59.7 Å². The molecule has 180 valence electrons. The number of hydrogen-bond acceptors (Lipinski definition) is 5. The van der Waals surface area contributed by atoms with Crippen LogP contribution in [0.5, 0.6) is 0 Å². The van der Waals surface area contributed by atoms with Crippen LogP contribution in [0.4, 0.5) is 9.59 Å². The van der Waals surface area contributed by atoms with E-state index in [-0.39, 0.29) is 25.6 Å². The van der Waals surface area contributed by atoms with Crippen LogP contribution in [0.15, 0.2) is 48.5 Å². The van der Waals surface area contributed by atoms with Gasteiger partial charge in [-0.3, -0.25) is 0 Å². The number of carboxylic acid groups (broad SMARTS) is 1. The number of carbonyl (C=O) groups excluding carboxylic acids is 2. The van der Waals surface area contributed by atoms with Gasteiger partial charge >= 0.3 is 18.2 Å². The molecule has 4 rings (SSSR count). The average molecular weight is 467 g/mol. The molecule has 8 heteroatoms. The second-order valence-electron chi connectivity index (χ2n) is 10.0. The first-order valence-corrected chi connectivity index (χ1v) is 11.3. The highest BCUT2D eigenvalue weighted by atomic mass is 16.6. The molecule has 1 fully saturated rings. The van der Waals surface area contributed by atoms with Crippen molar-refractivity contribution in [3.63, 3.8) is 0 Å². The number of benzene rings is 2. The maximum atomic E-state index is 12.7. The highest BCUT2D eigenvalue weighted by Crippen LogP contribution is 2.44. The zero-order chi connectivity index (χ0) is 24.7. The second kappa shape index (κ2) is 8.66. The van der Waals surface area contributed by atoms with Gasteiger partial charge in [-0.15, -0.1) is 0 Å². The summed E-state index contributed by atoms with van der Waals surface area (Å²) in [7, 11) is 0. The van der Waals surface area contributed by atoms with E-state index in [2.05, 4.69) is 5.32 Å². The largest absolute Gasteiger partial charge is 0.480 e. The van der Waals surface area contributed by atoms with Gasteiger partial charge in [0.05, 0.1) is 0 Å². The minimum absolute atomic E-state index is 0.0876. The molecule has 2 aliphatic rings. The van der Waals surface area contributed by atoms with Crippen molar-refractivity contribution < 1.29 is 29.0 Å². The Labute approximate surface area is 198 Å². The van der Waals surface area contributed by atoms with Crippen LogP contribution in [-0.4, -0.2) is 59.0 Å². The van der Waals surface area contributed by atoms with Gasteiger partial charge in [0.25, 0.3) is 0 Å². The molecule has 1 aliphatic heterocycles. The fraction of sp³-hybridized carbons (Fsp3) is 0.423. The molecule has 0 radical (unpaired) electrons. The summed E-state index contributed by atoms with van der Waals surface area (Å²) in [5, 5.41) is 12.4. The molecular formula is C26H30N2O6. The first-order valence-electron chi connectivity index (χ1n) is 11.3. The Bertz CT molecular complexity index is 1070. The van der Waals surface area contributed by atoms with Crippen LogP contribution in [0.3, 0.4) is 0 Å². The van der Waals surface area contributed by atoms with E-state index in [4.69, 9.17) is 9.47 Å². The third-order valence-electron chi connectivity index (χ3n) is 6.50. The minimum Gasteiger partial charge on any atom is -0.480 e. The molecule has 2 aromatic carbocycles. The maximum absolute atomic E-state index is 12.7. The Balaban J connectivity index is 1.39. The zero-order valence-electron chi connectivity index (χ0n) is 19.8. The number of likely N-dealkylation sites (tertiary alicyclic amines) is 1. The maximum Gasteiger partial charge on any atom is 0.410 e. The predicted octanol–water partition coefficient (Wildman–Crippen LogP) is 4.24. The first-order chi connectivity index (χ1) is 16.0. The third-order valence-corrected chi connectivity index (χ3v) is 6.50. The fourth-order valence-corrected chi connectivity index (χ4v) is 4.50. The number of rotatable bonds is 5. The van der Waals surface area contributed by atoms with Crippen molar-refractivity contribution in [1.29, 1.82) is 0 Å². The van der Waals surface area contributed by atoms with Gasteiger partial charge in [0.2, 0.25) is 0 Å². The number of fused-ring (bicyclic) bond motifs is 3. The number of amides is 2. The lowest BCUT2D eigenvalue weighted by Gasteiger charge is -2.46. The van der Waals surface area contributed by atoms with Crippen LogP contribution in [-0.2, 0) is 14.3 Å². The van der Waals surface area contributed by atoms with Crippen LogP contribution < -0.4 is 5.32 Å². The van der Waals surface area contributed by atoms with Gasteiger partial charge in [-0.05, 0) is 49.9 Å². The molecule has 1 aliphatic carbocycles. The number of alkyl carbamates (subject to hydrolysis) is 1. The van der Waals surface area contributed by atoms with E-state index < -0.39 is 35.2 Å². The SMILES string of the molecule is CC(C)(C)OC(=O)N1CC([C@@](C)(NC(=O)OCC2c3ccccc3-c3ccccc32)C(=O)O)C1. The van der Waals surface area contributed by atoms with Gasteiger partial charge in [-0.2, -0.15) is 0 Å². The number of nitrogens with one attached hydrogen (secondary N) is 1. The Morgan fingerprint density at radius 1 is 0.971 bits per heavy atom. The molecule has 0 unspecified atom stereocenters. The van der Waals surface area contributed by atoms with Crippen LogP contribution >= 0.6 is 0 Å². The predicted molar refractivity (Wildman–Crippen MR) is 126 cm³/mol. The summed E-state index contributed by atoms with van der Waals surface area (Å²) in [5.74, 6) is -1.78. The fourth-order valence-electron chi connectivity index (χ4n) is 4.50. The molecule has 0 aromatic heterocycles. The van der Waals surface area contributed by atoms with Gasteiger partial charge in [-0.25, -0.2) is 14.4 Å². The number of carbonyl (C=O) groups is 3. The molecule has 2 amide bonds. The number of nitrogens with zero attached hydrogens (tertiary/aromatic N) is 1. The Hall–Kier alpha value is -3.55. The standard InChI is InChI=1S/C26H30N2O6/c1-25(2,3)34-24(32)28-13-16(14-28)26(4,22(29)30)27-23(31)33-15-21-19-11-7-5-9-17(19)18-10-6-8-12-20(18)21/h5-12,16,21H,13-15H2,1-4H3,(H,27,31)(H,29,30)/t26-/m1/s1. The number of carboxylic acids is 1. The van der Waals surface area contributed by atoms with Crippen molar-refractivity contribution in [2.45, 2.75) is 44.8 Å². The van der Waals surface area contributed by atoms with E-state index in [1.807, 2.05) is 48.5 Å². The van der Waals surface area contributed by atoms with Gasteiger partial charge in [0, 0.05) is 24.9 Å². The highest BCUT2D eigenvalue weighted by molar-refractivity contribution is 5.85. The van der Waals surface area contributed by atoms with Crippen LogP contribution in [0.1, 0.15) is 44.7 Å². The Kier molecular flexibility index (Phi) is 6.02. The minimum atomic E-state index is -1.58. The molecule has 8 nitrogen and oxygen atoms in total. The summed E-state index contributed by atoms with van der Waals surface area (Å²) < 4.78 is 10.9. The summed E-state index contributed by atoms with van der Waals surface area (Å²) in [6, 6.07) is 16.0. The molecule has 1 atom stereocenters. The van der Waals surface area contributed by atoms with Crippen molar-refractivity contribution in [1.82, 2.24) is 10.2 Å². The molecule has 1 saturated heterocycles. The van der Waals surface area contributed by atoms with E-state index in [1.54, 1.807) is 20.8 Å². The van der Waals surface area contributed by atoms with E-state index >= 15 is 0 Å². The van der Waals surface area contributed by atoms with E-state index in [0.29, 0.717) is 0 Å². The van der Waals surface area contributed by atoms with E-state index in [9.17, 15) is 19.5 Å². The summed E-state index contributed by atoms with van der Waals surface area (Å²) in [6.07, 6.45) is -1.31. The lowest BCUT2D eigenvalue weighted by Crippen LogP contribution is -2.67. The molecule has 2 N–H and O–H groups in total. The summed E-state index contributed by atoms with van der Waals surface area (Å²) in [6.45, 7) is 7.16. The quantitative estimate of drug-likeness (QED) is 0.683. The molecule has 1 heterocycles. The topological polar surface area (TPSA) is 105 Å². The summed E-state index contributed by atoms with van der Waals surface area (Å²) in [4.78, 5) is 38.4. The summed E-state index contributed by atoms with van der Waals surface area (Å²) >= 11 is 0. The van der Waals surface area contributed by atoms with Crippen molar-refractivity contribution >= 4 is 18.2 Å². The Morgan fingerprint density at radius 2 is 1.50 bits per heavy atom. The average Bonchev–Trinajstić information content (AvgIpc) is 3.03. The van der Waals surface area contributed by atoms with Crippen LogP contribution in [0, 0.1) is 5.92 Å². The highest BCUT2D eigenvalue weighted by Gasteiger charge is 2.51. The van der Waals surface area contributed by atoms with Crippen LogP contribution in [0.2, 0.25) is 0 Å². The van der Waals surface area contributed by atoms with Crippen LogP contribution in [0.25, 0.3) is 11.1 Å². The lowest BCUT2D eigenvalue weighted by atomic mass is 9.80. The number of ether oxygens (including phenoxy) is 2. The Morgan fingerprint density at radius 3 is 2.00 bits per heavy atom. The molecule has 0 spiro atoms. The molecular weight excluding hydrogens is 436 g/mol. The van der Waals surface area contributed by atoms with Gasteiger partial charge < -0.3 is 24.8 Å². The van der Waals surface area contributed by atoms with Crippen molar-refractivity contribution in [2.24, 2.45) is 5.92 Å². The monoisotopic (exact) mass is 466 g/mol. The first kappa shape index (κ1) is 23.6. The van der Waals surface area contributed by atoms with E-state index in [0.717, 1.165) is 22.3 Å². The molecule has 0 saturated carbocycles.